The molecule has 6 heteroatoms. The van der Waals surface area contributed by atoms with E-state index in [0.717, 1.165) is 4.47 Å². The SMILES string of the molecule is O=C(O)c1cncnc1-c1ccc(Br)c(Cl)c1. The number of aromatic nitrogens is 2. The molecule has 0 radical (unpaired) electrons. The first kappa shape index (κ1) is 12.0. The zero-order valence-corrected chi connectivity index (χ0v) is 10.7. The van der Waals surface area contributed by atoms with Gasteiger partial charge in [-0.25, -0.2) is 14.8 Å². The Bertz CT molecular complexity index is 589. The third-order valence-corrected chi connectivity index (χ3v) is 3.37. The molecule has 0 spiro atoms. The molecule has 1 aromatic heterocycles. The minimum absolute atomic E-state index is 0.0471. The van der Waals surface area contributed by atoms with Gasteiger partial charge in [-0.1, -0.05) is 17.7 Å². The van der Waals surface area contributed by atoms with Crippen molar-refractivity contribution in [2.45, 2.75) is 0 Å². The number of carboxylic acid groups (broad SMARTS) is 1. The molecular formula is C11H6BrClN2O2. The van der Waals surface area contributed by atoms with Crippen LogP contribution in [-0.4, -0.2) is 21.0 Å². The highest BCUT2D eigenvalue weighted by atomic mass is 79.9. The van der Waals surface area contributed by atoms with Gasteiger partial charge in [0.1, 0.15) is 11.9 Å². The summed E-state index contributed by atoms with van der Waals surface area (Å²) >= 11 is 9.23. The van der Waals surface area contributed by atoms with E-state index in [1.54, 1.807) is 18.2 Å². The number of halogens is 2. The Morgan fingerprint density at radius 1 is 1.41 bits per heavy atom. The maximum atomic E-state index is 11.0. The Labute approximate surface area is 110 Å². The molecule has 0 unspecified atom stereocenters. The highest BCUT2D eigenvalue weighted by molar-refractivity contribution is 9.10. The molecule has 1 aromatic carbocycles. The first-order valence-electron chi connectivity index (χ1n) is 4.58. The van der Waals surface area contributed by atoms with Crippen molar-refractivity contribution in [3.8, 4) is 11.3 Å². The predicted octanol–water partition coefficient (Wildman–Crippen LogP) is 3.26. The van der Waals surface area contributed by atoms with E-state index in [1.165, 1.54) is 12.5 Å². The van der Waals surface area contributed by atoms with Crippen molar-refractivity contribution in [3.05, 3.63) is 45.8 Å². The van der Waals surface area contributed by atoms with Gasteiger partial charge >= 0.3 is 5.97 Å². The molecule has 17 heavy (non-hydrogen) atoms. The molecule has 1 N–H and O–H groups in total. The number of hydrogen-bond acceptors (Lipinski definition) is 3. The molecule has 0 saturated heterocycles. The topological polar surface area (TPSA) is 63.1 Å². The second-order valence-corrected chi connectivity index (χ2v) is 4.48. The Morgan fingerprint density at radius 2 is 2.18 bits per heavy atom. The molecule has 0 bridgehead atoms. The molecule has 0 aliphatic heterocycles. The van der Waals surface area contributed by atoms with Gasteiger partial charge in [0.15, 0.2) is 0 Å². The lowest BCUT2D eigenvalue weighted by atomic mass is 10.1. The van der Waals surface area contributed by atoms with Crippen molar-refractivity contribution >= 4 is 33.5 Å². The number of rotatable bonds is 2. The minimum Gasteiger partial charge on any atom is -0.478 e. The molecule has 2 aromatic rings. The summed E-state index contributed by atoms with van der Waals surface area (Å²) < 4.78 is 0.744. The minimum atomic E-state index is -1.07. The summed E-state index contributed by atoms with van der Waals surface area (Å²) in [6.07, 6.45) is 2.57. The van der Waals surface area contributed by atoms with Crippen LogP contribution in [0.5, 0.6) is 0 Å². The fourth-order valence-electron chi connectivity index (χ4n) is 1.36. The largest absolute Gasteiger partial charge is 0.478 e. The average molecular weight is 314 g/mol. The lowest BCUT2D eigenvalue weighted by Gasteiger charge is -2.05. The molecule has 0 amide bonds. The highest BCUT2D eigenvalue weighted by Crippen LogP contribution is 2.29. The van der Waals surface area contributed by atoms with Gasteiger partial charge in [0, 0.05) is 16.2 Å². The first-order valence-corrected chi connectivity index (χ1v) is 5.75. The standard InChI is InChI=1S/C11H6BrClN2O2/c12-8-2-1-6(3-9(8)13)10-7(11(16)17)4-14-5-15-10/h1-5H,(H,16,17). The van der Waals surface area contributed by atoms with E-state index in [4.69, 9.17) is 16.7 Å². The number of aromatic carboxylic acids is 1. The first-order chi connectivity index (χ1) is 8.09. The van der Waals surface area contributed by atoms with Crippen LogP contribution in [0.1, 0.15) is 10.4 Å². The summed E-state index contributed by atoms with van der Waals surface area (Å²) in [5.74, 6) is -1.07. The fraction of sp³-hybridized carbons (Fsp3) is 0. The third-order valence-electron chi connectivity index (χ3n) is 2.14. The zero-order chi connectivity index (χ0) is 12.4. The molecule has 4 nitrogen and oxygen atoms in total. The van der Waals surface area contributed by atoms with Crippen LogP contribution in [0.3, 0.4) is 0 Å². The summed E-state index contributed by atoms with van der Waals surface area (Å²) in [6.45, 7) is 0. The molecule has 0 aliphatic rings. The normalized spacial score (nSPS) is 10.2. The summed E-state index contributed by atoms with van der Waals surface area (Å²) in [6, 6.07) is 5.14. The molecule has 0 aliphatic carbocycles. The Hall–Kier alpha value is -1.46. The van der Waals surface area contributed by atoms with Crippen LogP contribution in [0.25, 0.3) is 11.3 Å². The monoisotopic (exact) mass is 312 g/mol. The summed E-state index contributed by atoms with van der Waals surface area (Å²) in [4.78, 5) is 18.7. The van der Waals surface area contributed by atoms with Gasteiger partial charge < -0.3 is 5.11 Å². The van der Waals surface area contributed by atoms with Crippen LogP contribution in [0.2, 0.25) is 5.02 Å². The van der Waals surface area contributed by atoms with E-state index in [0.29, 0.717) is 16.3 Å². The maximum absolute atomic E-state index is 11.0. The van der Waals surface area contributed by atoms with E-state index in [-0.39, 0.29) is 5.56 Å². The molecule has 2 rings (SSSR count). The van der Waals surface area contributed by atoms with Gasteiger partial charge in [-0.3, -0.25) is 0 Å². The van der Waals surface area contributed by atoms with E-state index in [2.05, 4.69) is 25.9 Å². The van der Waals surface area contributed by atoms with E-state index in [9.17, 15) is 4.79 Å². The quantitative estimate of drug-likeness (QED) is 0.924. The molecule has 86 valence electrons. The van der Waals surface area contributed by atoms with Gasteiger partial charge in [-0.15, -0.1) is 0 Å². The van der Waals surface area contributed by atoms with Crippen molar-refractivity contribution in [2.75, 3.05) is 0 Å². The lowest BCUT2D eigenvalue weighted by Crippen LogP contribution is -2.02. The van der Waals surface area contributed by atoms with Crippen molar-refractivity contribution in [1.82, 2.24) is 9.97 Å². The third kappa shape index (κ3) is 2.45. The van der Waals surface area contributed by atoms with Crippen molar-refractivity contribution in [3.63, 3.8) is 0 Å². The zero-order valence-electron chi connectivity index (χ0n) is 8.39. The van der Waals surface area contributed by atoms with Gasteiger partial charge in [-0.2, -0.15) is 0 Å². The van der Waals surface area contributed by atoms with Crippen LogP contribution < -0.4 is 0 Å². The van der Waals surface area contributed by atoms with Crippen LogP contribution in [0.4, 0.5) is 0 Å². The number of carboxylic acids is 1. The highest BCUT2D eigenvalue weighted by Gasteiger charge is 2.13. The van der Waals surface area contributed by atoms with Gasteiger partial charge in [-0.05, 0) is 28.1 Å². The lowest BCUT2D eigenvalue weighted by molar-refractivity contribution is 0.0697. The average Bonchev–Trinajstić information content (AvgIpc) is 2.32. The molecular weight excluding hydrogens is 307 g/mol. The summed E-state index contributed by atoms with van der Waals surface area (Å²) in [7, 11) is 0. The molecule has 0 fully saturated rings. The van der Waals surface area contributed by atoms with Crippen molar-refractivity contribution < 1.29 is 9.90 Å². The van der Waals surface area contributed by atoms with Crippen LogP contribution in [0, 0.1) is 0 Å². The molecule has 0 atom stereocenters. The van der Waals surface area contributed by atoms with E-state index < -0.39 is 5.97 Å². The fourth-order valence-corrected chi connectivity index (χ4v) is 1.79. The summed E-state index contributed by atoms with van der Waals surface area (Å²) in [5, 5.41) is 9.53. The van der Waals surface area contributed by atoms with Crippen LogP contribution in [0.15, 0.2) is 35.2 Å². The Morgan fingerprint density at radius 3 is 2.82 bits per heavy atom. The second kappa shape index (κ2) is 4.81. The van der Waals surface area contributed by atoms with Gasteiger partial charge in [0.05, 0.1) is 10.7 Å². The summed E-state index contributed by atoms with van der Waals surface area (Å²) in [5.41, 5.74) is 1.03. The van der Waals surface area contributed by atoms with Crippen LogP contribution in [-0.2, 0) is 0 Å². The van der Waals surface area contributed by atoms with Gasteiger partial charge in [0.2, 0.25) is 0 Å². The van der Waals surface area contributed by atoms with E-state index in [1.807, 2.05) is 0 Å². The maximum Gasteiger partial charge on any atom is 0.339 e. The van der Waals surface area contributed by atoms with E-state index >= 15 is 0 Å². The molecule has 1 heterocycles. The smallest absolute Gasteiger partial charge is 0.339 e. The number of benzene rings is 1. The number of hydrogen-bond donors (Lipinski definition) is 1. The number of carbonyl (C=O) groups is 1. The Kier molecular flexibility index (Phi) is 3.40. The predicted molar refractivity (Wildman–Crippen MR) is 67.1 cm³/mol. The van der Waals surface area contributed by atoms with Crippen molar-refractivity contribution in [1.29, 1.82) is 0 Å². The van der Waals surface area contributed by atoms with Gasteiger partial charge in [0.25, 0.3) is 0 Å². The second-order valence-electron chi connectivity index (χ2n) is 3.22. The van der Waals surface area contributed by atoms with Crippen LogP contribution >= 0.6 is 27.5 Å². The molecule has 0 saturated carbocycles. The Balaban J connectivity index is 2.60. The van der Waals surface area contributed by atoms with Crippen molar-refractivity contribution in [2.24, 2.45) is 0 Å². The number of nitrogens with zero attached hydrogens (tertiary/aromatic N) is 2.